The SMILES string of the molecule is CC1(C)C(N)C(C)(C)C1NC(=O)C1Cc2ccccc2C1. The van der Waals surface area contributed by atoms with Crippen molar-refractivity contribution in [1.82, 2.24) is 5.32 Å². The van der Waals surface area contributed by atoms with Crippen molar-refractivity contribution in [1.29, 1.82) is 0 Å². The molecule has 0 aliphatic heterocycles. The van der Waals surface area contributed by atoms with E-state index < -0.39 is 0 Å². The molecule has 1 fully saturated rings. The molecule has 0 saturated heterocycles. The van der Waals surface area contributed by atoms with E-state index in [9.17, 15) is 4.79 Å². The standard InChI is InChI=1S/C18H26N2O/c1-17(2)15(19)18(3,4)16(17)20-14(21)13-9-11-7-5-6-8-12(11)10-13/h5-8,13,15-16H,9-10,19H2,1-4H3,(H,20,21). The molecule has 1 aromatic carbocycles. The van der Waals surface area contributed by atoms with Gasteiger partial charge in [0, 0.05) is 28.8 Å². The Labute approximate surface area is 127 Å². The van der Waals surface area contributed by atoms with Crippen molar-refractivity contribution in [2.75, 3.05) is 0 Å². The van der Waals surface area contributed by atoms with Crippen LogP contribution in [0.1, 0.15) is 38.8 Å². The van der Waals surface area contributed by atoms with Crippen LogP contribution >= 0.6 is 0 Å². The van der Waals surface area contributed by atoms with Gasteiger partial charge in [-0.2, -0.15) is 0 Å². The van der Waals surface area contributed by atoms with Crippen molar-refractivity contribution in [3.8, 4) is 0 Å². The molecule has 3 heteroatoms. The predicted octanol–water partition coefficient (Wildman–Crippen LogP) is 2.28. The number of amides is 1. The van der Waals surface area contributed by atoms with Crippen LogP contribution in [0.3, 0.4) is 0 Å². The summed E-state index contributed by atoms with van der Waals surface area (Å²) in [7, 11) is 0. The molecule has 3 N–H and O–H groups in total. The lowest BCUT2D eigenvalue weighted by Gasteiger charge is -2.63. The van der Waals surface area contributed by atoms with Gasteiger partial charge >= 0.3 is 0 Å². The Morgan fingerprint density at radius 3 is 2.05 bits per heavy atom. The van der Waals surface area contributed by atoms with E-state index in [4.69, 9.17) is 5.73 Å². The maximum atomic E-state index is 12.6. The van der Waals surface area contributed by atoms with Gasteiger partial charge in [-0.25, -0.2) is 0 Å². The second-order valence-electron chi connectivity index (χ2n) is 7.94. The zero-order chi connectivity index (χ0) is 15.4. The van der Waals surface area contributed by atoms with Gasteiger partial charge in [0.1, 0.15) is 0 Å². The lowest BCUT2D eigenvalue weighted by atomic mass is 9.48. The fourth-order valence-corrected chi connectivity index (χ4v) is 4.56. The summed E-state index contributed by atoms with van der Waals surface area (Å²) in [4.78, 5) is 12.6. The number of hydrogen-bond acceptors (Lipinski definition) is 2. The number of hydrogen-bond donors (Lipinski definition) is 2. The Morgan fingerprint density at radius 1 is 1.10 bits per heavy atom. The van der Waals surface area contributed by atoms with Gasteiger partial charge in [-0.1, -0.05) is 52.0 Å². The number of benzene rings is 1. The molecule has 0 heterocycles. The van der Waals surface area contributed by atoms with Crippen LogP contribution in [-0.4, -0.2) is 18.0 Å². The van der Waals surface area contributed by atoms with Crippen LogP contribution in [0.2, 0.25) is 0 Å². The second-order valence-corrected chi connectivity index (χ2v) is 7.94. The highest BCUT2D eigenvalue weighted by Crippen LogP contribution is 2.52. The highest BCUT2D eigenvalue weighted by atomic mass is 16.2. The van der Waals surface area contributed by atoms with Crippen molar-refractivity contribution in [3.05, 3.63) is 35.4 Å². The maximum absolute atomic E-state index is 12.6. The molecule has 0 atom stereocenters. The summed E-state index contributed by atoms with van der Waals surface area (Å²) in [6.07, 6.45) is 1.73. The lowest BCUT2D eigenvalue weighted by Crippen LogP contribution is -2.76. The van der Waals surface area contributed by atoms with Gasteiger partial charge in [-0.3, -0.25) is 4.79 Å². The van der Waals surface area contributed by atoms with Crippen molar-refractivity contribution < 1.29 is 4.79 Å². The quantitative estimate of drug-likeness (QED) is 0.876. The molecule has 1 aromatic rings. The highest BCUT2D eigenvalue weighted by molar-refractivity contribution is 5.81. The smallest absolute Gasteiger partial charge is 0.224 e. The second kappa shape index (κ2) is 4.57. The number of nitrogens with two attached hydrogens (primary N) is 1. The van der Waals surface area contributed by atoms with Gasteiger partial charge in [0.05, 0.1) is 0 Å². The summed E-state index contributed by atoms with van der Waals surface area (Å²) >= 11 is 0. The van der Waals surface area contributed by atoms with E-state index in [2.05, 4.69) is 57.3 Å². The van der Waals surface area contributed by atoms with E-state index in [0.29, 0.717) is 0 Å². The van der Waals surface area contributed by atoms with E-state index in [1.165, 1.54) is 11.1 Å². The first-order valence-electron chi connectivity index (χ1n) is 7.87. The molecule has 0 spiro atoms. The summed E-state index contributed by atoms with van der Waals surface area (Å²) in [5.41, 5.74) is 8.84. The Morgan fingerprint density at radius 2 is 1.57 bits per heavy atom. The average molecular weight is 286 g/mol. The van der Waals surface area contributed by atoms with Crippen LogP contribution in [0.4, 0.5) is 0 Å². The van der Waals surface area contributed by atoms with E-state index in [0.717, 1.165) is 12.8 Å². The van der Waals surface area contributed by atoms with Crippen LogP contribution in [0, 0.1) is 16.7 Å². The van der Waals surface area contributed by atoms with Crippen LogP contribution in [0.5, 0.6) is 0 Å². The fourth-order valence-electron chi connectivity index (χ4n) is 4.56. The number of carbonyl (C=O) groups excluding carboxylic acids is 1. The number of fused-ring (bicyclic) bond motifs is 1. The van der Waals surface area contributed by atoms with Crippen LogP contribution in [0.15, 0.2) is 24.3 Å². The van der Waals surface area contributed by atoms with Crippen molar-refractivity contribution in [2.45, 2.75) is 52.6 Å². The molecular formula is C18H26N2O. The zero-order valence-corrected chi connectivity index (χ0v) is 13.4. The third kappa shape index (κ3) is 2.10. The van der Waals surface area contributed by atoms with Gasteiger partial charge in [0.2, 0.25) is 5.91 Å². The van der Waals surface area contributed by atoms with Crippen LogP contribution in [0.25, 0.3) is 0 Å². The first-order chi connectivity index (χ1) is 9.74. The molecule has 3 nitrogen and oxygen atoms in total. The molecule has 3 rings (SSSR count). The van der Waals surface area contributed by atoms with Gasteiger partial charge in [-0.05, 0) is 24.0 Å². The summed E-state index contributed by atoms with van der Waals surface area (Å²) in [6.45, 7) is 8.60. The maximum Gasteiger partial charge on any atom is 0.224 e. The van der Waals surface area contributed by atoms with Gasteiger partial charge in [-0.15, -0.1) is 0 Å². The van der Waals surface area contributed by atoms with E-state index in [-0.39, 0.29) is 34.7 Å². The molecule has 2 aliphatic carbocycles. The van der Waals surface area contributed by atoms with Crippen molar-refractivity contribution >= 4 is 5.91 Å². The minimum atomic E-state index is -0.0371. The normalized spacial score (nSPS) is 29.6. The van der Waals surface area contributed by atoms with Crippen LogP contribution in [-0.2, 0) is 17.6 Å². The number of rotatable bonds is 2. The molecular weight excluding hydrogens is 260 g/mol. The molecule has 21 heavy (non-hydrogen) atoms. The Balaban J connectivity index is 1.69. The molecule has 1 saturated carbocycles. The largest absolute Gasteiger partial charge is 0.352 e. The summed E-state index contributed by atoms with van der Waals surface area (Å²) < 4.78 is 0. The van der Waals surface area contributed by atoms with E-state index in [1.807, 2.05) is 0 Å². The molecule has 0 aromatic heterocycles. The Hall–Kier alpha value is -1.35. The summed E-state index contributed by atoms with van der Waals surface area (Å²) in [6, 6.07) is 8.64. The van der Waals surface area contributed by atoms with Gasteiger partial charge in [0.25, 0.3) is 0 Å². The molecule has 0 radical (unpaired) electrons. The Bertz CT molecular complexity index is 535. The Kier molecular flexibility index (Phi) is 3.17. The minimum Gasteiger partial charge on any atom is -0.352 e. The van der Waals surface area contributed by atoms with Crippen molar-refractivity contribution in [3.63, 3.8) is 0 Å². The topological polar surface area (TPSA) is 55.1 Å². The predicted molar refractivity (Wildman–Crippen MR) is 84.8 cm³/mol. The first kappa shape index (κ1) is 14.6. The molecule has 0 unspecified atom stereocenters. The number of carbonyl (C=O) groups is 1. The average Bonchev–Trinajstić information content (AvgIpc) is 2.87. The number of nitrogens with one attached hydrogen (secondary N) is 1. The third-order valence-corrected chi connectivity index (χ3v) is 5.80. The van der Waals surface area contributed by atoms with Crippen molar-refractivity contribution in [2.24, 2.45) is 22.5 Å². The molecule has 0 bridgehead atoms. The van der Waals surface area contributed by atoms with Gasteiger partial charge < -0.3 is 11.1 Å². The molecule has 1 amide bonds. The van der Waals surface area contributed by atoms with Crippen LogP contribution < -0.4 is 11.1 Å². The monoisotopic (exact) mass is 286 g/mol. The fraction of sp³-hybridized carbons (Fsp3) is 0.611. The minimum absolute atomic E-state index is 0.0371. The highest BCUT2D eigenvalue weighted by Gasteiger charge is 2.60. The van der Waals surface area contributed by atoms with Gasteiger partial charge in [0.15, 0.2) is 0 Å². The van der Waals surface area contributed by atoms with E-state index >= 15 is 0 Å². The van der Waals surface area contributed by atoms with E-state index in [1.54, 1.807) is 0 Å². The molecule has 2 aliphatic rings. The first-order valence-corrected chi connectivity index (χ1v) is 7.87. The third-order valence-electron chi connectivity index (χ3n) is 5.80. The zero-order valence-electron chi connectivity index (χ0n) is 13.4. The summed E-state index contributed by atoms with van der Waals surface area (Å²) in [5.74, 6) is 0.259. The molecule has 114 valence electrons. The summed E-state index contributed by atoms with van der Waals surface area (Å²) in [5, 5.41) is 3.29. The lowest BCUT2D eigenvalue weighted by molar-refractivity contribution is -0.135.